The molecule has 1 aromatic heterocycles. The van der Waals surface area contributed by atoms with Crippen LogP contribution in [0.5, 0.6) is 5.75 Å². The van der Waals surface area contributed by atoms with E-state index < -0.39 is 0 Å². The molecule has 0 aliphatic heterocycles. The van der Waals surface area contributed by atoms with Gasteiger partial charge in [0.15, 0.2) is 11.0 Å². The molecule has 6 heteroatoms. The van der Waals surface area contributed by atoms with E-state index in [4.69, 9.17) is 14.4 Å². The highest BCUT2D eigenvalue weighted by Crippen LogP contribution is 2.23. The van der Waals surface area contributed by atoms with Crippen LogP contribution >= 0.6 is 0 Å². The summed E-state index contributed by atoms with van der Waals surface area (Å²) >= 11 is 0. The molecule has 26 heavy (non-hydrogen) atoms. The number of nitrogens with zero attached hydrogens (tertiary/aromatic N) is 1. The Morgan fingerprint density at radius 1 is 1.19 bits per heavy atom. The first-order valence-corrected chi connectivity index (χ1v) is 8.03. The molecule has 1 N–H and O–H groups in total. The number of anilines is 1. The molecular weight excluding hydrogens is 332 g/mol. The smallest absolute Gasteiger partial charge is 0.255 e. The number of para-hydroxylation sites is 1. The van der Waals surface area contributed by atoms with Crippen molar-refractivity contribution >= 4 is 22.6 Å². The summed E-state index contributed by atoms with van der Waals surface area (Å²) in [7, 11) is 0. The Kier molecular flexibility index (Phi) is 4.72. The van der Waals surface area contributed by atoms with Gasteiger partial charge in [-0.2, -0.15) is 5.26 Å². The van der Waals surface area contributed by atoms with Crippen LogP contribution in [0.25, 0.3) is 11.0 Å². The minimum absolute atomic E-state index is 0.0441. The van der Waals surface area contributed by atoms with Gasteiger partial charge in [-0.1, -0.05) is 6.07 Å². The lowest BCUT2D eigenvalue weighted by Gasteiger charge is -2.11. The topological polar surface area (TPSA) is 92.3 Å². The zero-order valence-corrected chi connectivity index (χ0v) is 14.3. The fourth-order valence-electron chi connectivity index (χ4n) is 2.48. The number of amides is 1. The number of fused-ring (bicyclic) bond motifs is 1. The molecule has 0 saturated carbocycles. The van der Waals surface area contributed by atoms with Crippen molar-refractivity contribution in [1.82, 2.24) is 0 Å². The van der Waals surface area contributed by atoms with Gasteiger partial charge in [0, 0.05) is 11.6 Å². The molecule has 1 amide bonds. The fourth-order valence-corrected chi connectivity index (χ4v) is 2.48. The van der Waals surface area contributed by atoms with Crippen molar-refractivity contribution in [2.45, 2.75) is 20.0 Å². The van der Waals surface area contributed by atoms with E-state index in [9.17, 15) is 9.59 Å². The number of hydrogen-bond donors (Lipinski definition) is 1. The fraction of sp³-hybridized carbons (Fsp3) is 0.150. The quantitative estimate of drug-likeness (QED) is 0.776. The Bertz CT molecular complexity index is 1060. The van der Waals surface area contributed by atoms with Gasteiger partial charge in [0.05, 0.1) is 17.2 Å². The molecule has 0 aliphatic rings. The first-order chi connectivity index (χ1) is 12.5. The average Bonchev–Trinajstić information content (AvgIpc) is 2.62. The summed E-state index contributed by atoms with van der Waals surface area (Å²) in [5.41, 5.74) is 0.583. The molecule has 0 bridgehead atoms. The lowest BCUT2D eigenvalue weighted by Crippen LogP contribution is -2.13. The summed E-state index contributed by atoms with van der Waals surface area (Å²) in [6.07, 6.45) is 0.0441. The normalized spacial score (nSPS) is 10.5. The highest BCUT2D eigenvalue weighted by atomic mass is 16.5. The second-order valence-corrected chi connectivity index (χ2v) is 5.91. The Morgan fingerprint density at radius 3 is 2.58 bits per heavy atom. The van der Waals surface area contributed by atoms with E-state index in [1.165, 1.54) is 0 Å². The van der Waals surface area contributed by atoms with E-state index in [2.05, 4.69) is 5.32 Å². The van der Waals surface area contributed by atoms with Crippen LogP contribution in [-0.2, 0) is 0 Å². The summed E-state index contributed by atoms with van der Waals surface area (Å²) < 4.78 is 11.0. The molecule has 0 saturated heterocycles. The van der Waals surface area contributed by atoms with Gasteiger partial charge in [-0.25, -0.2) is 0 Å². The molecule has 6 nitrogen and oxygen atoms in total. The van der Waals surface area contributed by atoms with Crippen molar-refractivity contribution in [3.8, 4) is 11.8 Å². The van der Waals surface area contributed by atoms with Crippen LogP contribution in [0, 0.1) is 11.3 Å². The van der Waals surface area contributed by atoms with Gasteiger partial charge in [0.25, 0.3) is 5.91 Å². The maximum Gasteiger partial charge on any atom is 0.255 e. The molecule has 130 valence electrons. The van der Waals surface area contributed by atoms with Crippen molar-refractivity contribution in [2.75, 3.05) is 5.32 Å². The number of carbonyl (C=O) groups excluding carboxylic acids is 1. The summed E-state index contributed by atoms with van der Waals surface area (Å²) in [5, 5.41) is 12.0. The maximum absolute atomic E-state index is 12.5. The minimum atomic E-state index is -0.362. The molecule has 2 aromatic carbocycles. The standard InChI is InChI=1S/C20H16N2O4/c1-12(2)25-14-8-6-13(7-9-14)20(24)22-17-5-3-4-16-18(23)10-15(11-21)26-19(16)17/h3-10,12H,1-2H3,(H,22,24). The number of carbonyl (C=O) groups is 1. The summed E-state index contributed by atoms with van der Waals surface area (Å²) in [6, 6.07) is 14.5. The number of hydrogen-bond acceptors (Lipinski definition) is 5. The van der Waals surface area contributed by atoms with Gasteiger partial charge in [-0.15, -0.1) is 0 Å². The van der Waals surface area contributed by atoms with Crippen molar-refractivity contribution in [2.24, 2.45) is 0 Å². The molecule has 0 aliphatic carbocycles. The van der Waals surface area contributed by atoms with Gasteiger partial charge in [-0.05, 0) is 50.2 Å². The Hall–Kier alpha value is -3.59. The SMILES string of the molecule is CC(C)Oc1ccc(C(=O)Nc2cccc3c(=O)cc(C#N)oc23)cc1. The molecule has 1 heterocycles. The molecule has 0 unspecified atom stereocenters. The lowest BCUT2D eigenvalue weighted by molar-refractivity contribution is 0.102. The van der Waals surface area contributed by atoms with Crippen LogP contribution in [0.3, 0.4) is 0 Å². The molecule has 0 spiro atoms. The largest absolute Gasteiger partial charge is 0.491 e. The van der Waals surface area contributed by atoms with Crippen LogP contribution < -0.4 is 15.5 Å². The lowest BCUT2D eigenvalue weighted by atomic mass is 10.1. The molecular formula is C20H16N2O4. The molecule has 3 aromatic rings. The predicted molar refractivity (Wildman–Crippen MR) is 97.4 cm³/mol. The molecule has 0 atom stereocenters. The number of nitrogens with one attached hydrogen (secondary N) is 1. The maximum atomic E-state index is 12.5. The van der Waals surface area contributed by atoms with Crippen LogP contribution in [-0.4, -0.2) is 12.0 Å². The summed E-state index contributed by atoms with van der Waals surface area (Å²) in [6.45, 7) is 3.84. The highest BCUT2D eigenvalue weighted by Gasteiger charge is 2.13. The van der Waals surface area contributed by atoms with Crippen molar-refractivity contribution in [3.63, 3.8) is 0 Å². The number of ether oxygens (including phenoxy) is 1. The van der Waals surface area contributed by atoms with E-state index >= 15 is 0 Å². The third kappa shape index (κ3) is 3.57. The van der Waals surface area contributed by atoms with E-state index in [1.807, 2.05) is 13.8 Å². The predicted octanol–water partition coefficient (Wildman–Crippen LogP) is 3.70. The average molecular weight is 348 g/mol. The third-order valence-corrected chi connectivity index (χ3v) is 3.60. The monoisotopic (exact) mass is 348 g/mol. The van der Waals surface area contributed by atoms with Crippen LogP contribution in [0.1, 0.15) is 30.0 Å². The second-order valence-electron chi connectivity index (χ2n) is 5.91. The minimum Gasteiger partial charge on any atom is -0.491 e. The van der Waals surface area contributed by atoms with E-state index in [0.29, 0.717) is 22.4 Å². The van der Waals surface area contributed by atoms with Crippen LogP contribution in [0.4, 0.5) is 5.69 Å². The van der Waals surface area contributed by atoms with Gasteiger partial charge >= 0.3 is 0 Å². The zero-order valence-electron chi connectivity index (χ0n) is 14.3. The second kappa shape index (κ2) is 7.11. The van der Waals surface area contributed by atoms with Crippen molar-refractivity contribution in [3.05, 3.63) is 70.1 Å². The first-order valence-electron chi connectivity index (χ1n) is 8.03. The Balaban J connectivity index is 1.91. The van der Waals surface area contributed by atoms with E-state index in [-0.39, 0.29) is 28.8 Å². The highest BCUT2D eigenvalue weighted by molar-refractivity contribution is 6.07. The zero-order chi connectivity index (χ0) is 18.7. The van der Waals surface area contributed by atoms with Crippen LogP contribution in [0.15, 0.2) is 57.7 Å². The summed E-state index contributed by atoms with van der Waals surface area (Å²) in [4.78, 5) is 24.5. The molecule has 0 radical (unpaired) electrons. The number of nitriles is 1. The van der Waals surface area contributed by atoms with Crippen molar-refractivity contribution in [1.29, 1.82) is 5.26 Å². The number of rotatable bonds is 4. The van der Waals surface area contributed by atoms with Gasteiger partial charge in [-0.3, -0.25) is 9.59 Å². The van der Waals surface area contributed by atoms with Gasteiger partial charge in [0.1, 0.15) is 11.8 Å². The Morgan fingerprint density at radius 2 is 1.92 bits per heavy atom. The van der Waals surface area contributed by atoms with Crippen molar-refractivity contribution < 1.29 is 13.9 Å². The van der Waals surface area contributed by atoms with E-state index in [0.717, 1.165) is 6.07 Å². The Labute approximate surface area is 149 Å². The first kappa shape index (κ1) is 17.2. The summed E-state index contributed by atoms with van der Waals surface area (Å²) in [5.74, 6) is 0.198. The van der Waals surface area contributed by atoms with Crippen LogP contribution in [0.2, 0.25) is 0 Å². The van der Waals surface area contributed by atoms with Gasteiger partial charge < -0.3 is 14.5 Å². The number of benzene rings is 2. The third-order valence-electron chi connectivity index (χ3n) is 3.60. The molecule has 0 fully saturated rings. The van der Waals surface area contributed by atoms with E-state index in [1.54, 1.807) is 48.5 Å². The molecule has 3 rings (SSSR count). The van der Waals surface area contributed by atoms with Gasteiger partial charge in [0.2, 0.25) is 5.76 Å².